The molecule has 162 valence electrons. The molecule has 0 heterocycles. The number of carbonyl (C=O) groups is 2. The molecule has 0 saturated carbocycles. The summed E-state index contributed by atoms with van der Waals surface area (Å²) in [6.07, 6.45) is 0.498. The Morgan fingerprint density at radius 2 is 1.77 bits per heavy atom. The van der Waals surface area contributed by atoms with Gasteiger partial charge in [-0.15, -0.1) is 11.8 Å². The summed E-state index contributed by atoms with van der Waals surface area (Å²) >= 11 is 20.0. The van der Waals surface area contributed by atoms with Gasteiger partial charge in [-0.05, 0) is 42.7 Å². The highest BCUT2D eigenvalue weighted by Gasteiger charge is 2.28. The van der Waals surface area contributed by atoms with Crippen molar-refractivity contribution < 1.29 is 9.59 Å². The first-order valence-corrected chi connectivity index (χ1v) is 12.0. The monoisotopic (exact) mass is 486 g/mol. The van der Waals surface area contributed by atoms with E-state index in [-0.39, 0.29) is 24.1 Å². The van der Waals surface area contributed by atoms with Gasteiger partial charge in [0.25, 0.3) is 0 Å². The molecule has 0 aliphatic heterocycles. The quantitative estimate of drug-likeness (QED) is 0.459. The van der Waals surface area contributed by atoms with Crippen molar-refractivity contribution >= 4 is 58.4 Å². The van der Waals surface area contributed by atoms with Gasteiger partial charge in [-0.1, -0.05) is 66.0 Å². The van der Waals surface area contributed by atoms with E-state index in [0.717, 1.165) is 11.1 Å². The topological polar surface area (TPSA) is 49.4 Å². The van der Waals surface area contributed by atoms with E-state index in [4.69, 9.17) is 34.8 Å². The van der Waals surface area contributed by atoms with E-state index in [9.17, 15) is 9.59 Å². The van der Waals surface area contributed by atoms with Crippen LogP contribution in [0.4, 0.5) is 0 Å². The number of thioether (sulfide) groups is 1. The Bertz CT molecular complexity index is 879. The maximum Gasteiger partial charge on any atom is 0.242 e. The van der Waals surface area contributed by atoms with Crippen LogP contribution in [0, 0.1) is 0 Å². The lowest BCUT2D eigenvalue weighted by Crippen LogP contribution is -2.49. The van der Waals surface area contributed by atoms with Crippen LogP contribution < -0.4 is 5.32 Å². The number of amides is 2. The molecule has 0 aliphatic carbocycles. The fraction of sp³-hybridized carbons (Fsp3) is 0.364. The van der Waals surface area contributed by atoms with Gasteiger partial charge < -0.3 is 10.2 Å². The third kappa shape index (κ3) is 7.09. The van der Waals surface area contributed by atoms with Gasteiger partial charge in [-0.2, -0.15) is 0 Å². The molecular weight excluding hydrogens is 463 g/mol. The molecule has 2 aromatic rings. The molecule has 0 spiro atoms. The highest BCUT2D eigenvalue weighted by molar-refractivity contribution is 7.99. The molecule has 2 aromatic carbocycles. The maximum absolute atomic E-state index is 13.1. The van der Waals surface area contributed by atoms with Crippen LogP contribution in [0.2, 0.25) is 15.1 Å². The van der Waals surface area contributed by atoms with Crippen molar-refractivity contribution in [3.8, 4) is 0 Å². The van der Waals surface area contributed by atoms with Crippen LogP contribution >= 0.6 is 46.6 Å². The smallest absolute Gasteiger partial charge is 0.242 e. The van der Waals surface area contributed by atoms with Crippen LogP contribution in [0.5, 0.6) is 0 Å². The number of nitrogens with one attached hydrogen (secondary N) is 1. The molecule has 0 unspecified atom stereocenters. The highest BCUT2D eigenvalue weighted by atomic mass is 35.5. The van der Waals surface area contributed by atoms with Crippen molar-refractivity contribution in [2.75, 3.05) is 12.3 Å². The predicted molar refractivity (Wildman–Crippen MR) is 127 cm³/mol. The zero-order valence-corrected chi connectivity index (χ0v) is 20.0. The normalized spacial score (nSPS) is 11.8. The van der Waals surface area contributed by atoms with Crippen LogP contribution in [0.1, 0.15) is 31.4 Å². The van der Waals surface area contributed by atoms with E-state index in [0.29, 0.717) is 33.8 Å². The molecule has 0 radical (unpaired) electrons. The zero-order valence-electron chi connectivity index (χ0n) is 17.0. The Hall–Kier alpha value is -1.40. The van der Waals surface area contributed by atoms with Crippen LogP contribution in [-0.2, 0) is 21.9 Å². The summed E-state index contributed by atoms with van der Waals surface area (Å²) in [5, 5.41) is 4.48. The molecule has 1 atom stereocenters. The average Bonchev–Trinajstić information content (AvgIpc) is 2.71. The van der Waals surface area contributed by atoms with E-state index in [1.54, 1.807) is 23.1 Å². The molecule has 4 nitrogen and oxygen atoms in total. The lowest BCUT2D eigenvalue weighted by molar-refractivity contribution is -0.139. The van der Waals surface area contributed by atoms with Gasteiger partial charge in [0, 0.05) is 33.9 Å². The number of rotatable bonds is 10. The summed E-state index contributed by atoms with van der Waals surface area (Å²) < 4.78 is 0. The molecule has 0 aromatic heterocycles. The second kappa shape index (κ2) is 12.5. The van der Waals surface area contributed by atoms with Gasteiger partial charge in [0.2, 0.25) is 11.8 Å². The molecule has 0 fully saturated rings. The Morgan fingerprint density at radius 1 is 1.03 bits per heavy atom. The Balaban J connectivity index is 2.17. The third-order valence-corrected chi connectivity index (χ3v) is 6.46. The Morgan fingerprint density at radius 3 is 2.40 bits per heavy atom. The molecule has 2 rings (SSSR count). The van der Waals surface area contributed by atoms with Crippen molar-refractivity contribution in [3.63, 3.8) is 0 Å². The van der Waals surface area contributed by atoms with E-state index in [2.05, 4.69) is 5.32 Å². The molecule has 1 N–H and O–H groups in total. The van der Waals surface area contributed by atoms with Crippen molar-refractivity contribution in [1.82, 2.24) is 10.2 Å². The number of nitrogens with zero attached hydrogens (tertiary/aromatic N) is 1. The fourth-order valence-corrected chi connectivity index (χ4v) is 4.66. The number of hydrogen-bond acceptors (Lipinski definition) is 3. The number of benzene rings is 2. The van der Waals surface area contributed by atoms with Gasteiger partial charge in [0.05, 0.1) is 5.75 Å². The first-order valence-electron chi connectivity index (χ1n) is 9.69. The molecule has 0 bridgehead atoms. The first-order chi connectivity index (χ1) is 14.4. The summed E-state index contributed by atoms with van der Waals surface area (Å²) in [5.41, 5.74) is 1.72. The second-order valence-corrected chi connectivity index (χ2v) is 8.90. The third-order valence-electron chi connectivity index (χ3n) is 4.53. The van der Waals surface area contributed by atoms with E-state index < -0.39 is 6.04 Å². The molecule has 30 heavy (non-hydrogen) atoms. The van der Waals surface area contributed by atoms with Gasteiger partial charge in [0.1, 0.15) is 6.04 Å². The molecular formula is C22H25Cl3N2O2S. The summed E-state index contributed by atoms with van der Waals surface area (Å²) in [6.45, 7) is 4.48. The van der Waals surface area contributed by atoms with Crippen LogP contribution in [0.15, 0.2) is 42.5 Å². The fourth-order valence-electron chi connectivity index (χ4n) is 2.99. The second-order valence-electron chi connectivity index (χ2n) is 6.66. The Labute approximate surface area is 197 Å². The minimum atomic E-state index is -0.579. The molecule has 2 amide bonds. The first kappa shape index (κ1) is 24.9. The number of carbonyl (C=O) groups excluding carboxylic acids is 2. The van der Waals surface area contributed by atoms with E-state index >= 15 is 0 Å². The summed E-state index contributed by atoms with van der Waals surface area (Å²) in [7, 11) is 0. The number of likely N-dealkylation sites (N-methyl/N-ethyl adjacent to an activating group) is 1. The van der Waals surface area contributed by atoms with E-state index in [1.807, 2.05) is 38.1 Å². The molecule has 0 aliphatic rings. The van der Waals surface area contributed by atoms with Crippen LogP contribution in [0.25, 0.3) is 0 Å². The van der Waals surface area contributed by atoms with Gasteiger partial charge in [-0.3, -0.25) is 9.59 Å². The molecule has 8 heteroatoms. The SMILES string of the molecule is CCNC(=O)[C@@H](CC)N(Cc1ccc(Cl)cc1Cl)C(=O)CSCc1ccccc1Cl. The van der Waals surface area contributed by atoms with Crippen molar-refractivity contribution in [2.24, 2.45) is 0 Å². The predicted octanol–water partition coefficient (Wildman–Crippen LogP) is 5.82. The van der Waals surface area contributed by atoms with Gasteiger partial charge >= 0.3 is 0 Å². The summed E-state index contributed by atoms with van der Waals surface area (Å²) in [5.74, 6) is 0.538. The largest absolute Gasteiger partial charge is 0.355 e. The average molecular weight is 488 g/mol. The minimum absolute atomic E-state index is 0.129. The minimum Gasteiger partial charge on any atom is -0.355 e. The standard InChI is InChI=1S/C22H25Cl3N2O2S/c1-3-20(22(29)26-4-2)27(12-15-9-10-17(23)11-19(15)25)21(28)14-30-13-16-7-5-6-8-18(16)24/h5-11,20H,3-4,12-14H2,1-2H3,(H,26,29)/t20-/m1/s1. The van der Waals surface area contributed by atoms with Crippen molar-refractivity contribution in [3.05, 3.63) is 68.7 Å². The lowest BCUT2D eigenvalue weighted by Gasteiger charge is -2.30. The van der Waals surface area contributed by atoms with Crippen LogP contribution in [0.3, 0.4) is 0 Å². The zero-order chi connectivity index (χ0) is 22.1. The van der Waals surface area contributed by atoms with Crippen molar-refractivity contribution in [2.45, 2.75) is 38.6 Å². The van der Waals surface area contributed by atoms with Gasteiger partial charge in [-0.25, -0.2) is 0 Å². The summed E-state index contributed by atoms with van der Waals surface area (Å²) in [4.78, 5) is 27.3. The van der Waals surface area contributed by atoms with Crippen LogP contribution in [-0.4, -0.2) is 35.1 Å². The maximum atomic E-state index is 13.1. The number of halogens is 3. The van der Waals surface area contributed by atoms with Crippen molar-refractivity contribution in [1.29, 1.82) is 0 Å². The lowest BCUT2D eigenvalue weighted by atomic mass is 10.1. The Kier molecular flexibility index (Phi) is 10.3. The van der Waals surface area contributed by atoms with Gasteiger partial charge in [0.15, 0.2) is 0 Å². The van der Waals surface area contributed by atoms with E-state index in [1.165, 1.54) is 11.8 Å². The number of hydrogen-bond donors (Lipinski definition) is 1. The molecule has 0 saturated heterocycles. The summed E-state index contributed by atoms with van der Waals surface area (Å²) in [6, 6.07) is 12.1. The highest BCUT2D eigenvalue weighted by Crippen LogP contribution is 2.25.